The van der Waals surface area contributed by atoms with Crippen LogP contribution in [-0.2, 0) is 4.79 Å². The molecule has 0 radical (unpaired) electrons. The lowest BCUT2D eigenvalue weighted by Crippen LogP contribution is -2.12. The highest BCUT2D eigenvalue weighted by molar-refractivity contribution is 5.79. The third kappa shape index (κ3) is 1.60. The van der Waals surface area contributed by atoms with E-state index in [1.54, 1.807) is 5.57 Å². The van der Waals surface area contributed by atoms with Crippen LogP contribution in [0.25, 0.3) is 0 Å². The molecule has 0 spiro atoms. The van der Waals surface area contributed by atoms with Crippen LogP contribution in [0.1, 0.15) is 44.9 Å². The molecule has 1 saturated carbocycles. The molecule has 12 heavy (non-hydrogen) atoms. The van der Waals surface area contributed by atoms with Crippen LogP contribution in [0.5, 0.6) is 0 Å². The molecule has 0 aromatic rings. The SMILES string of the molecule is O=C1CCC=C2CCCCC2C1. The van der Waals surface area contributed by atoms with Crippen LogP contribution in [-0.4, -0.2) is 5.78 Å². The first-order chi connectivity index (χ1) is 5.86. The number of rotatable bonds is 0. The van der Waals surface area contributed by atoms with Gasteiger partial charge in [-0.15, -0.1) is 0 Å². The van der Waals surface area contributed by atoms with Crippen molar-refractivity contribution in [2.45, 2.75) is 44.9 Å². The summed E-state index contributed by atoms with van der Waals surface area (Å²) >= 11 is 0. The molecule has 1 unspecified atom stereocenters. The maximum absolute atomic E-state index is 11.3. The highest BCUT2D eigenvalue weighted by Gasteiger charge is 2.23. The zero-order chi connectivity index (χ0) is 8.39. The van der Waals surface area contributed by atoms with E-state index in [9.17, 15) is 4.79 Å². The van der Waals surface area contributed by atoms with Gasteiger partial charge in [-0.1, -0.05) is 18.1 Å². The van der Waals surface area contributed by atoms with E-state index >= 15 is 0 Å². The summed E-state index contributed by atoms with van der Waals surface area (Å²) < 4.78 is 0. The van der Waals surface area contributed by atoms with Crippen molar-refractivity contribution in [3.63, 3.8) is 0 Å². The molecule has 0 N–H and O–H groups in total. The Morgan fingerprint density at radius 3 is 3.08 bits per heavy atom. The summed E-state index contributed by atoms with van der Waals surface area (Å²) in [7, 11) is 0. The molecule has 0 amide bonds. The largest absolute Gasteiger partial charge is 0.300 e. The summed E-state index contributed by atoms with van der Waals surface area (Å²) in [5.74, 6) is 1.11. The van der Waals surface area contributed by atoms with Crippen molar-refractivity contribution in [1.82, 2.24) is 0 Å². The van der Waals surface area contributed by atoms with Gasteiger partial charge in [0, 0.05) is 12.8 Å². The third-order valence-corrected chi connectivity index (χ3v) is 3.10. The first kappa shape index (κ1) is 8.03. The first-order valence-electron chi connectivity index (χ1n) is 5.07. The number of hydrogen-bond acceptors (Lipinski definition) is 1. The van der Waals surface area contributed by atoms with Crippen molar-refractivity contribution < 1.29 is 4.79 Å². The normalized spacial score (nSPS) is 30.5. The minimum absolute atomic E-state index is 0.480. The van der Waals surface area contributed by atoms with E-state index in [0.717, 1.165) is 19.3 Å². The Morgan fingerprint density at radius 1 is 1.25 bits per heavy atom. The van der Waals surface area contributed by atoms with Gasteiger partial charge in [-0.05, 0) is 31.6 Å². The Labute approximate surface area is 73.8 Å². The lowest BCUT2D eigenvalue weighted by atomic mass is 9.82. The van der Waals surface area contributed by atoms with Gasteiger partial charge in [0.25, 0.3) is 0 Å². The van der Waals surface area contributed by atoms with Gasteiger partial charge in [-0.3, -0.25) is 4.79 Å². The van der Waals surface area contributed by atoms with Crippen LogP contribution in [0.2, 0.25) is 0 Å². The molecule has 0 aliphatic heterocycles. The van der Waals surface area contributed by atoms with Crippen LogP contribution in [0, 0.1) is 5.92 Å². The third-order valence-electron chi connectivity index (χ3n) is 3.10. The predicted molar refractivity (Wildman–Crippen MR) is 48.9 cm³/mol. The van der Waals surface area contributed by atoms with Crippen LogP contribution in [0.15, 0.2) is 11.6 Å². The summed E-state index contributed by atoms with van der Waals surface area (Å²) in [4.78, 5) is 11.3. The smallest absolute Gasteiger partial charge is 0.133 e. The minimum atomic E-state index is 0.480. The fourth-order valence-corrected chi connectivity index (χ4v) is 2.41. The molecular weight excluding hydrogens is 148 g/mol. The molecule has 66 valence electrons. The fraction of sp³-hybridized carbons (Fsp3) is 0.727. The summed E-state index contributed by atoms with van der Waals surface area (Å²) in [6.45, 7) is 0. The zero-order valence-electron chi connectivity index (χ0n) is 7.51. The Bertz CT molecular complexity index is 215. The molecule has 1 nitrogen and oxygen atoms in total. The monoisotopic (exact) mass is 164 g/mol. The van der Waals surface area contributed by atoms with Crippen molar-refractivity contribution in [3.8, 4) is 0 Å². The second kappa shape index (κ2) is 3.42. The second-order valence-corrected chi connectivity index (χ2v) is 4.00. The number of ketones is 1. The van der Waals surface area contributed by atoms with Crippen LogP contribution in [0.4, 0.5) is 0 Å². The van der Waals surface area contributed by atoms with Gasteiger partial charge in [-0.2, -0.15) is 0 Å². The molecule has 1 fully saturated rings. The Hall–Kier alpha value is -0.590. The average Bonchev–Trinajstić information content (AvgIpc) is 2.25. The van der Waals surface area contributed by atoms with Crippen molar-refractivity contribution in [1.29, 1.82) is 0 Å². The molecule has 2 aliphatic rings. The average molecular weight is 164 g/mol. The molecule has 0 aromatic heterocycles. The van der Waals surface area contributed by atoms with E-state index in [1.165, 1.54) is 25.7 Å². The van der Waals surface area contributed by atoms with E-state index in [1.807, 2.05) is 0 Å². The Balaban J connectivity index is 2.11. The summed E-state index contributed by atoms with van der Waals surface area (Å²) in [5, 5.41) is 0. The number of carbonyl (C=O) groups is 1. The molecular formula is C11H16O. The van der Waals surface area contributed by atoms with Crippen molar-refractivity contribution in [2.24, 2.45) is 5.92 Å². The minimum Gasteiger partial charge on any atom is -0.300 e. The highest BCUT2D eigenvalue weighted by atomic mass is 16.1. The molecule has 0 aromatic carbocycles. The van der Waals surface area contributed by atoms with Crippen molar-refractivity contribution >= 4 is 5.78 Å². The molecule has 1 atom stereocenters. The first-order valence-corrected chi connectivity index (χ1v) is 5.07. The van der Waals surface area contributed by atoms with E-state index in [-0.39, 0.29) is 0 Å². The van der Waals surface area contributed by atoms with E-state index in [2.05, 4.69) is 6.08 Å². The standard InChI is InChI=1S/C11H16O/c12-11-7-3-6-9-4-1-2-5-10(9)8-11/h6,10H,1-5,7-8H2. The van der Waals surface area contributed by atoms with Gasteiger partial charge < -0.3 is 0 Å². The fourth-order valence-electron chi connectivity index (χ4n) is 2.41. The number of Topliss-reactive ketones (excluding diaryl/α,β-unsaturated/α-hetero) is 1. The summed E-state index contributed by atoms with van der Waals surface area (Å²) in [6.07, 6.45) is 10.2. The molecule has 0 heterocycles. The van der Waals surface area contributed by atoms with Gasteiger partial charge in [0.2, 0.25) is 0 Å². The molecule has 1 heteroatoms. The number of allylic oxidation sites excluding steroid dienone is 2. The Morgan fingerprint density at radius 2 is 2.17 bits per heavy atom. The highest BCUT2D eigenvalue weighted by Crippen LogP contribution is 2.34. The predicted octanol–water partition coefficient (Wildman–Crippen LogP) is 2.86. The van der Waals surface area contributed by atoms with Gasteiger partial charge >= 0.3 is 0 Å². The molecule has 2 aliphatic carbocycles. The van der Waals surface area contributed by atoms with Gasteiger partial charge in [0.05, 0.1) is 0 Å². The summed E-state index contributed by atoms with van der Waals surface area (Å²) in [6, 6.07) is 0. The van der Waals surface area contributed by atoms with Gasteiger partial charge in [0.1, 0.15) is 5.78 Å². The number of carbonyl (C=O) groups excluding carboxylic acids is 1. The number of fused-ring (bicyclic) bond motifs is 1. The quantitative estimate of drug-likeness (QED) is 0.503. The lowest BCUT2D eigenvalue weighted by Gasteiger charge is -2.23. The number of hydrogen-bond donors (Lipinski definition) is 0. The van der Waals surface area contributed by atoms with E-state index < -0.39 is 0 Å². The van der Waals surface area contributed by atoms with Crippen LogP contribution >= 0.6 is 0 Å². The second-order valence-electron chi connectivity index (χ2n) is 4.00. The van der Waals surface area contributed by atoms with Crippen LogP contribution < -0.4 is 0 Å². The maximum Gasteiger partial charge on any atom is 0.133 e. The lowest BCUT2D eigenvalue weighted by molar-refractivity contribution is -0.119. The summed E-state index contributed by atoms with van der Waals surface area (Å²) in [5.41, 5.74) is 1.59. The Kier molecular flexibility index (Phi) is 2.29. The topological polar surface area (TPSA) is 17.1 Å². The molecule has 0 saturated heterocycles. The molecule has 0 bridgehead atoms. The van der Waals surface area contributed by atoms with Crippen molar-refractivity contribution in [2.75, 3.05) is 0 Å². The van der Waals surface area contributed by atoms with Gasteiger partial charge in [-0.25, -0.2) is 0 Å². The zero-order valence-corrected chi connectivity index (χ0v) is 7.51. The molecule has 2 rings (SSSR count). The van der Waals surface area contributed by atoms with E-state index in [4.69, 9.17) is 0 Å². The van der Waals surface area contributed by atoms with Crippen molar-refractivity contribution in [3.05, 3.63) is 11.6 Å². The maximum atomic E-state index is 11.3. The van der Waals surface area contributed by atoms with E-state index in [0.29, 0.717) is 11.7 Å². The van der Waals surface area contributed by atoms with Crippen LogP contribution in [0.3, 0.4) is 0 Å². The van der Waals surface area contributed by atoms with Gasteiger partial charge in [0.15, 0.2) is 0 Å².